The van der Waals surface area contributed by atoms with Crippen LogP contribution in [0.2, 0.25) is 0 Å². The van der Waals surface area contributed by atoms with Crippen LogP contribution in [0.15, 0.2) is 29.4 Å². The summed E-state index contributed by atoms with van der Waals surface area (Å²) in [6.45, 7) is 0. The second-order valence-corrected chi connectivity index (χ2v) is 5.48. The van der Waals surface area contributed by atoms with Gasteiger partial charge < -0.3 is 9.30 Å². The monoisotopic (exact) mass is 282 g/mol. The Labute approximate surface area is 111 Å². The van der Waals surface area contributed by atoms with Gasteiger partial charge in [-0.3, -0.25) is 0 Å². The summed E-state index contributed by atoms with van der Waals surface area (Å²) in [6, 6.07) is 7.41. The van der Waals surface area contributed by atoms with Gasteiger partial charge in [-0.05, 0) is 17.7 Å². The number of ether oxygens (including phenoxy) is 1. The maximum atomic E-state index is 11.2. The topological polar surface area (TPSA) is 100 Å². The van der Waals surface area contributed by atoms with Crippen LogP contribution in [0.4, 0.5) is 0 Å². The second kappa shape index (κ2) is 4.98. The molecule has 0 saturated carbocycles. The molecule has 0 aliphatic carbocycles. The van der Waals surface area contributed by atoms with E-state index in [2.05, 4.69) is 10.2 Å². The van der Waals surface area contributed by atoms with Crippen molar-refractivity contribution >= 4 is 10.0 Å². The van der Waals surface area contributed by atoms with Gasteiger partial charge in [0.05, 0.1) is 7.11 Å². The fraction of sp³-hybridized carbons (Fsp3) is 0.273. The highest BCUT2D eigenvalue weighted by Crippen LogP contribution is 2.14. The van der Waals surface area contributed by atoms with Gasteiger partial charge in [0.1, 0.15) is 11.6 Å². The number of rotatable bonds is 4. The van der Waals surface area contributed by atoms with Crippen molar-refractivity contribution in [1.82, 2.24) is 14.8 Å². The van der Waals surface area contributed by atoms with E-state index in [-0.39, 0.29) is 5.16 Å². The molecule has 2 N–H and O–H groups in total. The molecule has 0 amide bonds. The predicted molar refractivity (Wildman–Crippen MR) is 68.2 cm³/mol. The van der Waals surface area contributed by atoms with E-state index in [1.807, 2.05) is 24.3 Å². The van der Waals surface area contributed by atoms with Crippen molar-refractivity contribution in [3.63, 3.8) is 0 Å². The first-order valence-electron chi connectivity index (χ1n) is 5.46. The van der Waals surface area contributed by atoms with Crippen LogP contribution in [0.5, 0.6) is 5.75 Å². The molecule has 0 saturated heterocycles. The van der Waals surface area contributed by atoms with Crippen LogP contribution < -0.4 is 9.88 Å². The number of benzene rings is 1. The summed E-state index contributed by atoms with van der Waals surface area (Å²) in [5.74, 6) is 1.28. The molecule has 2 aromatic rings. The molecular formula is C11H14N4O3S. The van der Waals surface area contributed by atoms with E-state index in [4.69, 9.17) is 9.88 Å². The van der Waals surface area contributed by atoms with Crippen molar-refractivity contribution in [1.29, 1.82) is 0 Å². The quantitative estimate of drug-likeness (QED) is 0.854. The number of sulfonamides is 1. The SMILES string of the molecule is COc1ccc(Cc2nnc(S(N)(=O)=O)n2C)cc1. The predicted octanol–water partition coefficient (Wildman–Crippen LogP) is 0.0619. The molecule has 0 unspecified atom stereocenters. The minimum absolute atomic E-state index is 0.240. The third-order valence-corrected chi connectivity index (χ3v) is 3.57. The first kappa shape index (κ1) is 13.5. The number of hydrogen-bond donors (Lipinski definition) is 1. The van der Waals surface area contributed by atoms with Crippen LogP contribution in [0.1, 0.15) is 11.4 Å². The fourth-order valence-electron chi connectivity index (χ4n) is 1.67. The summed E-state index contributed by atoms with van der Waals surface area (Å²) >= 11 is 0. The molecule has 19 heavy (non-hydrogen) atoms. The van der Waals surface area contributed by atoms with E-state index in [1.54, 1.807) is 14.2 Å². The van der Waals surface area contributed by atoms with Crippen LogP contribution in [0, 0.1) is 0 Å². The van der Waals surface area contributed by atoms with Crippen LogP contribution in [0.25, 0.3) is 0 Å². The largest absolute Gasteiger partial charge is 0.497 e. The highest BCUT2D eigenvalue weighted by molar-refractivity contribution is 7.89. The van der Waals surface area contributed by atoms with Gasteiger partial charge in [-0.25, -0.2) is 13.6 Å². The molecule has 1 aromatic carbocycles. The highest BCUT2D eigenvalue weighted by Gasteiger charge is 2.18. The zero-order valence-corrected chi connectivity index (χ0v) is 11.4. The summed E-state index contributed by atoms with van der Waals surface area (Å²) in [7, 11) is -0.685. The molecule has 0 aliphatic rings. The zero-order chi connectivity index (χ0) is 14.0. The Balaban J connectivity index is 2.26. The Morgan fingerprint density at radius 1 is 1.26 bits per heavy atom. The normalized spacial score (nSPS) is 11.5. The van der Waals surface area contributed by atoms with Crippen LogP contribution in [0.3, 0.4) is 0 Å². The molecule has 0 aliphatic heterocycles. The lowest BCUT2D eigenvalue weighted by Gasteiger charge is -2.04. The van der Waals surface area contributed by atoms with E-state index in [0.29, 0.717) is 12.2 Å². The van der Waals surface area contributed by atoms with Gasteiger partial charge in [0.15, 0.2) is 0 Å². The van der Waals surface area contributed by atoms with Crippen molar-refractivity contribution < 1.29 is 13.2 Å². The number of aromatic nitrogens is 3. The Hall–Kier alpha value is -1.93. The number of hydrogen-bond acceptors (Lipinski definition) is 5. The second-order valence-electron chi connectivity index (χ2n) is 4.03. The number of nitrogens with zero attached hydrogens (tertiary/aromatic N) is 3. The Morgan fingerprint density at radius 2 is 1.89 bits per heavy atom. The summed E-state index contributed by atoms with van der Waals surface area (Å²) < 4.78 is 28.9. The molecular weight excluding hydrogens is 268 g/mol. The summed E-state index contributed by atoms with van der Waals surface area (Å²) in [6.07, 6.45) is 0.461. The summed E-state index contributed by atoms with van der Waals surface area (Å²) in [5, 5.41) is 12.2. The van der Waals surface area contributed by atoms with Crippen molar-refractivity contribution in [3.8, 4) is 5.75 Å². The van der Waals surface area contributed by atoms with Gasteiger partial charge in [-0.2, -0.15) is 0 Å². The van der Waals surface area contributed by atoms with Gasteiger partial charge in [0, 0.05) is 13.5 Å². The zero-order valence-electron chi connectivity index (χ0n) is 10.6. The summed E-state index contributed by atoms with van der Waals surface area (Å²) in [4.78, 5) is 0. The first-order valence-corrected chi connectivity index (χ1v) is 7.00. The lowest BCUT2D eigenvalue weighted by atomic mass is 10.1. The van der Waals surface area contributed by atoms with E-state index in [0.717, 1.165) is 11.3 Å². The third-order valence-electron chi connectivity index (χ3n) is 2.70. The molecule has 0 radical (unpaired) electrons. The smallest absolute Gasteiger partial charge is 0.273 e. The number of nitrogens with two attached hydrogens (primary N) is 1. The number of methoxy groups -OCH3 is 1. The van der Waals surface area contributed by atoms with Crippen LogP contribution in [-0.4, -0.2) is 30.3 Å². The van der Waals surface area contributed by atoms with Crippen molar-refractivity contribution in [2.45, 2.75) is 11.6 Å². The molecule has 1 aromatic heterocycles. The highest BCUT2D eigenvalue weighted by atomic mass is 32.2. The molecule has 0 fully saturated rings. The Morgan fingerprint density at radius 3 is 2.37 bits per heavy atom. The Kier molecular flexibility index (Phi) is 3.54. The average Bonchev–Trinajstić information content (AvgIpc) is 2.72. The van der Waals surface area contributed by atoms with Gasteiger partial charge in [0.2, 0.25) is 0 Å². The lowest BCUT2D eigenvalue weighted by Crippen LogP contribution is -2.17. The van der Waals surface area contributed by atoms with Gasteiger partial charge in [-0.15, -0.1) is 10.2 Å². The average molecular weight is 282 g/mol. The molecule has 0 spiro atoms. The number of primary sulfonamides is 1. The molecule has 7 nitrogen and oxygen atoms in total. The van der Waals surface area contributed by atoms with Gasteiger partial charge in [0.25, 0.3) is 15.2 Å². The van der Waals surface area contributed by atoms with E-state index in [1.165, 1.54) is 4.57 Å². The molecule has 0 atom stereocenters. The molecule has 1 heterocycles. The van der Waals surface area contributed by atoms with E-state index in [9.17, 15) is 8.42 Å². The first-order chi connectivity index (χ1) is 8.91. The van der Waals surface area contributed by atoms with E-state index >= 15 is 0 Å². The van der Waals surface area contributed by atoms with Crippen LogP contribution in [-0.2, 0) is 23.5 Å². The lowest BCUT2D eigenvalue weighted by molar-refractivity contribution is 0.414. The van der Waals surface area contributed by atoms with Gasteiger partial charge >= 0.3 is 0 Å². The molecule has 102 valence electrons. The van der Waals surface area contributed by atoms with Crippen LogP contribution >= 0.6 is 0 Å². The van der Waals surface area contributed by atoms with Crippen molar-refractivity contribution in [2.24, 2.45) is 12.2 Å². The fourth-order valence-corrected chi connectivity index (χ4v) is 2.31. The maximum Gasteiger partial charge on any atom is 0.273 e. The summed E-state index contributed by atoms with van der Waals surface area (Å²) in [5.41, 5.74) is 0.970. The molecule has 8 heteroatoms. The maximum absolute atomic E-state index is 11.2. The van der Waals surface area contributed by atoms with E-state index < -0.39 is 10.0 Å². The third kappa shape index (κ3) is 2.91. The standard InChI is InChI=1S/C11H14N4O3S/c1-15-10(13-14-11(15)19(12,16)17)7-8-3-5-9(18-2)6-4-8/h3-6H,7H2,1-2H3,(H2,12,16,17). The van der Waals surface area contributed by atoms with Crippen molar-refractivity contribution in [3.05, 3.63) is 35.7 Å². The minimum Gasteiger partial charge on any atom is -0.497 e. The minimum atomic E-state index is -3.85. The van der Waals surface area contributed by atoms with Gasteiger partial charge in [-0.1, -0.05) is 12.1 Å². The molecule has 0 bridgehead atoms. The van der Waals surface area contributed by atoms with Crippen molar-refractivity contribution in [2.75, 3.05) is 7.11 Å². The Bertz CT molecular complexity index is 676. The molecule has 2 rings (SSSR count).